The molecule has 10 N–H and O–H groups in total. The minimum Gasteiger partial charge on any atom is -0.508 e. The number of hydrogen-bond donors (Lipinski definition) is 9. The number of esters is 1. The van der Waals surface area contributed by atoms with Crippen molar-refractivity contribution in [2.75, 3.05) is 133 Å². The molecular weight excluding hydrogens is 1630 g/mol. The molecule has 1 aliphatic carbocycles. The van der Waals surface area contributed by atoms with E-state index in [9.17, 15) is 54.0 Å². The second kappa shape index (κ2) is 51.8. The first-order chi connectivity index (χ1) is 60.7. The number of carbonyl (C=O) groups excluding carboxylic acids is 7. The summed E-state index contributed by atoms with van der Waals surface area (Å²) in [5, 5.41) is 68.3. The van der Waals surface area contributed by atoms with E-state index in [2.05, 4.69) is 41.2 Å². The summed E-state index contributed by atoms with van der Waals surface area (Å²) >= 11 is 0. The Hall–Kier alpha value is -9.02. The number of alkyl carbamates (subject to hydrolysis) is 1. The Morgan fingerprint density at radius 1 is 0.722 bits per heavy atom. The number of benzene rings is 1. The molecule has 3 aliphatic heterocycles. The van der Waals surface area contributed by atoms with E-state index in [1.54, 1.807) is 81.9 Å². The third-order valence-electron chi connectivity index (χ3n) is 24.0. The van der Waals surface area contributed by atoms with Gasteiger partial charge in [-0.2, -0.15) is 5.10 Å². The van der Waals surface area contributed by atoms with Crippen molar-refractivity contribution in [2.45, 2.75) is 225 Å². The van der Waals surface area contributed by atoms with Crippen molar-refractivity contribution < 1.29 is 111 Å². The van der Waals surface area contributed by atoms with Crippen LogP contribution in [0.1, 0.15) is 163 Å². The number of hydrogen-bond acceptors (Lipinski definition) is 29. The summed E-state index contributed by atoms with van der Waals surface area (Å²) < 4.78 is 73.4. The Morgan fingerprint density at radius 3 is 2.09 bits per heavy atom. The summed E-state index contributed by atoms with van der Waals surface area (Å²) in [7, 11) is 4.75. The van der Waals surface area contributed by atoms with Crippen LogP contribution in [-0.2, 0) is 98.8 Å². The van der Waals surface area contributed by atoms with E-state index in [1.807, 2.05) is 64.1 Å². The van der Waals surface area contributed by atoms with E-state index in [4.69, 9.17) is 67.7 Å². The summed E-state index contributed by atoms with van der Waals surface area (Å²) in [6.07, 6.45) is 15.1. The summed E-state index contributed by atoms with van der Waals surface area (Å²) in [6, 6.07) is 5.61. The molecule has 0 radical (unpaired) electrons. The molecule has 1 saturated carbocycles. The predicted molar refractivity (Wildman–Crippen MR) is 465 cm³/mol. The Morgan fingerprint density at radius 2 is 1.40 bits per heavy atom. The minimum absolute atomic E-state index is 0.0501. The number of aromatic nitrogens is 8. The predicted octanol–water partition coefficient (Wildman–Crippen LogP) is 7.84. The van der Waals surface area contributed by atoms with Crippen LogP contribution in [0.4, 0.5) is 10.6 Å². The fourth-order valence-electron chi connectivity index (χ4n) is 16.7. The first-order valence-corrected chi connectivity index (χ1v) is 44.4. The molecule has 7 heterocycles. The van der Waals surface area contributed by atoms with Gasteiger partial charge in [-0.3, -0.25) is 24.0 Å². The zero-order chi connectivity index (χ0) is 90.7. The van der Waals surface area contributed by atoms with Crippen LogP contribution in [0.25, 0.3) is 33.3 Å². The van der Waals surface area contributed by atoms with Gasteiger partial charge in [-0.25, -0.2) is 28.9 Å². The fraction of sp³-hybridized carbons (Fsp3) is 0.667. The lowest BCUT2D eigenvalue weighted by atomic mass is 9.77. The van der Waals surface area contributed by atoms with Gasteiger partial charge < -0.3 is 109 Å². The zero-order valence-corrected chi connectivity index (χ0v) is 74.8. The number of rotatable bonds is 39. The molecule has 4 aromatic heterocycles. The number of ether oxygens (including phenoxy) is 12. The van der Waals surface area contributed by atoms with Crippen LogP contribution < -0.4 is 21.7 Å². The summed E-state index contributed by atoms with van der Waals surface area (Å²) in [5.74, 6) is -7.69. The van der Waals surface area contributed by atoms with Crippen LogP contribution in [0.15, 0.2) is 84.4 Å². The lowest BCUT2D eigenvalue weighted by molar-refractivity contribution is -0.265. The number of Topliss-reactive ketones (excluding diaryl/α,β-unsaturated/α-hetero) is 2. The average molecular weight is 1770 g/mol. The van der Waals surface area contributed by atoms with Gasteiger partial charge in [-0.15, -0.1) is 5.10 Å². The van der Waals surface area contributed by atoms with Crippen LogP contribution in [0.2, 0.25) is 0 Å². The molecule has 2 saturated heterocycles. The van der Waals surface area contributed by atoms with Gasteiger partial charge in [0, 0.05) is 108 Å². The lowest BCUT2D eigenvalue weighted by Gasteiger charge is -2.43. The van der Waals surface area contributed by atoms with E-state index in [0.29, 0.717) is 151 Å². The third-order valence-corrected chi connectivity index (χ3v) is 24.0. The minimum atomic E-state index is -2.47. The van der Waals surface area contributed by atoms with Crippen LogP contribution in [0, 0.1) is 35.5 Å². The number of aromatic amines is 1. The third kappa shape index (κ3) is 30.3. The molecule has 5 aromatic rings. The summed E-state index contributed by atoms with van der Waals surface area (Å²) in [6.45, 7) is 17.8. The number of aryl methyl sites for hydroxylation is 1. The molecule has 36 nitrogen and oxygen atoms in total. The average Bonchev–Trinajstić information content (AvgIpc) is 1.53. The highest BCUT2D eigenvalue weighted by atomic mass is 16.6. The van der Waals surface area contributed by atoms with Crippen LogP contribution >= 0.6 is 0 Å². The summed E-state index contributed by atoms with van der Waals surface area (Å²) in [5.41, 5.74) is 10.7. The maximum atomic E-state index is 14.9. The monoisotopic (exact) mass is 1770 g/mol. The number of aliphatic hydroxyl groups excluding tert-OH is 2. The van der Waals surface area contributed by atoms with Crippen LogP contribution in [0.5, 0.6) is 5.75 Å². The number of ketones is 2. The number of unbranched alkanes of at least 4 members (excludes halogenated alkanes) is 1. The van der Waals surface area contributed by atoms with Crippen molar-refractivity contribution in [3.63, 3.8) is 0 Å². The number of amides is 4. The van der Waals surface area contributed by atoms with Crippen LogP contribution in [-0.4, -0.2) is 288 Å². The smallest absolute Gasteiger partial charge is 0.407 e. The number of piperidine rings is 1. The van der Waals surface area contributed by atoms with Gasteiger partial charge in [0.1, 0.15) is 60.2 Å². The van der Waals surface area contributed by atoms with Gasteiger partial charge in [0.2, 0.25) is 17.6 Å². The number of aromatic hydroxyl groups is 1. The largest absolute Gasteiger partial charge is 0.508 e. The molecule has 36 heteroatoms. The standard InChI is InChI=1S/C90H135N13O23/c1-57-18-12-11-13-19-58(2)73(115-8)52-68-24-21-63(7)90(114,126-68)84(110)87(111)101-32-16-14-20-72(101)88(112)125-75(53-74(116-9)59(3)47-62(6)82(108)83(109)81(107)61(5)46-57)60(4)48-64-22-26-71(76(49-64)117-10)103-54-66(98-100-103)55-124-89(113)94-31-37-121-41-45-123-43-39-119-35-28-78(106)93-30-36-120-40-44-122-42-38-118-34-27-77(105)92-29-15-17-33-102-86-79(85(91)95-56-96-86)80(99-102)70-51-65-50-67(104)23-25-69(65)97-70/h11-13,18-19,23,25,47,50-51,54,56-57,59-61,63-64,68,71-76,82-83,97,104,108-109,114H,14-17,20-22,24,26-46,48-49,52-53,55H2,1-10H3,(H,92,105)(H,93,106)(H,94,113)(H2,91,95,96)/b13-11+,18-12+,58-19+,62-47+/t57-,59-,60-,61-,63-,64+,68+,71+,72+,73+,74-,75+,76-,82-,83+,90-/m1/s1. The Kier molecular flexibility index (Phi) is 41.4. The number of carbonyl (C=O) groups is 7. The number of anilines is 1. The van der Waals surface area contributed by atoms with E-state index >= 15 is 0 Å². The summed E-state index contributed by atoms with van der Waals surface area (Å²) in [4.78, 5) is 108. The molecule has 4 aliphatic rings. The van der Waals surface area contributed by atoms with Crippen molar-refractivity contribution in [1.82, 2.24) is 60.6 Å². The molecule has 126 heavy (non-hydrogen) atoms. The molecule has 2 bridgehead atoms. The molecule has 0 spiro atoms. The van der Waals surface area contributed by atoms with E-state index < -0.39 is 95.7 Å². The lowest BCUT2D eigenvalue weighted by Crippen LogP contribution is -2.61. The van der Waals surface area contributed by atoms with Crippen molar-refractivity contribution >= 4 is 69.1 Å². The highest BCUT2D eigenvalue weighted by Crippen LogP contribution is 2.41. The molecular formula is C90H135N13O23. The van der Waals surface area contributed by atoms with E-state index in [0.717, 1.165) is 35.0 Å². The van der Waals surface area contributed by atoms with Gasteiger partial charge in [0.05, 0.1) is 127 Å². The number of phenols is 1. The number of fused-ring (bicyclic) bond motifs is 5. The second-order valence-electron chi connectivity index (χ2n) is 33.5. The quantitative estimate of drug-likeness (QED) is 0.00782. The Balaban J connectivity index is 0.616. The number of allylic oxidation sites excluding steroid dienone is 5. The normalized spacial score (nSPS) is 27.1. The molecule has 3 fully saturated rings. The van der Waals surface area contributed by atoms with Gasteiger partial charge >= 0.3 is 12.1 Å². The zero-order valence-electron chi connectivity index (χ0n) is 74.8. The van der Waals surface area contributed by atoms with E-state index in [1.165, 1.54) is 11.2 Å². The number of nitrogens with two attached hydrogens (primary N) is 1. The molecule has 0 unspecified atom stereocenters. The highest BCUT2D eigenvalue weighted by molar-refractivity contribution is 6.39. The van der Waals surface area contributed by atoms with Gasteiger partial charge in [-0.1, -0.05) is 76.3 Å². The SMILES string of the molecule is CO[C@H]1C[C@@H]2CC[C@@H](C)[C@@](O)(O2)C(=O)C(=O)N2CCCC[C@H]2C(=O)O[C@H]([C@H](C)C[C@@H]2CC[C@H](n3cc(COC(=O)NCCOCCOCCOCCC(=O)NCCOCCOCCOCCC(=O)NCCCCn4nc(-c5cc6cc(O)ccc6[nH]5)c5c(N)ncnc54)nn3)[C@H](OC)C2)C[C@@H](OC)[C@H](C)/C=C(\C)[C@@H](O)[C@@H](O)C(=O)[C@H](C)C[C@H](C)/C=C/C=C/C=C/1C. The second-order valence-corrected chi connectivity index (χ2v) is 33.5. The number of aliphatic hydroxyl groups is 3. The number of nitrogens with one attached hydrogen (secondary N) is 4. The van der Waals surface area contributed by atoms with Gasteiger partial charge in [0.25, 0.3) is 11.7 Å². The molecule has 9 rings (SSSR count). The first-order valence-electron chi connectivity index (χ1n) is 44.4. The molecule has 1 aromatic carbocycles. The van der Waals surface area contributed by atoms with Crippen molar-refractivity contribution in [3.8, 4) is 17.1 Å². The number of nitrogens with zero attached hydrogens (tertiary/aromatic N) is 8. The van der Waals surface area contributed by atoms with E-state index in [-0.39, 0.29) is 139 Å². The number of nitrogen functional groups attached to an aromatic ring is 1. The molecule has 698 valence electrons. The highest BCUT2D eigenvalue weighted by Gasteiger charge is 2.53. The topological polar surface area (TPSA) is 467 Å². The number of cyclic esters (lactones) is 1. The Labute approximate surface area is 737 Å². The van der Waals surface area contributed by atoms with Crippen molar-refractivity contribution in [1.29, 1.82) is 0 Å². The number of methoxy groups -OCH3 is 3. The Bertz CT molecular complexity index is 4400. The first kappa shape index (κ1) is 101. The molecule has 4 amide bonds. The fourth-order valence-corrected chi connectivity index (χ4v) is 16.7. The number of H-pyrrole nitrogens is 1. The van der Waals surface area contributed by atoms with Crippen molar-refractivity contribution in [2.24, 2.45) is 35.5 Å². The van der Waals surface area contributed by atoms with Gasteiger partial charge in [-0.05, 0) is 144 Å². The van der Waals surface area contributed by atoms with Gasteiger partial charge in [0.15, 0.2) is 11.4 Å². The maximum absolute atomic E-state index is 14.9. The number of phenolic OH excluding ortho intramolecular Hbond substituents is 1. The maximum Gasteiger partial charge on any atom is 0.407 e. The molecule has 16 atom stereocenters. The van der Waals surface area contributed by atoms with Crippen molar-refractivity contribution in [3.05, 3.63) is 90.1 Å². The van der Waals surface area contributed by atoms with Crippen LogP contribution in [0.3, 0.4) is 0 Å².